The van der Waals surface area contributed by atoms with Crippen molar-refractivity contribution >= 4 is 23.4 Å². The van der Waals surface area contributed by atoms with Crippen LogP contribution in [-0.4, -0.2) is 53.5 Å². The monoisotopic (exact) mass is 580 g/mol. The quantitative estimate of drug-likeness (QED) is 0.255. The second-order valence-corrected chi connectivity index (χ2v) is 12.9. The Hall–Kier alpha value is -2.44. The zero-order valence-corrected chi connectivity index (χ0v) is 25.0. The van der Waals surface area contributed by atoms with Crippen molar-refractivity contribution < 1.29 is 9.84 Å². The van der Waals surface area contributed by atoms with Gasteiger partial charge in [0.2, 0.25) is 5.95 Å². The molecule has 0 aliphatic heterocycles. The lowest BCUT2D eigenvalue weighted by atomic mass is 9.62. The summed E-state index contributed by atoms with van der Waals surface area (Å²) in [6.07, 6.45) is 11.6. The molecule has 222 valence electrons. The van der Waals surface area contributed by atoms with Crippen molar-refractivity contribution in [3.8, 4) is 6.07 Å². The lowest BCUT2D eigenvalue weighted by molar-refractivity contribution is -0.000876. The lowest BCUT2D eigenvalue weighted by Gasteiger charge is -2.48. The van der Waals surface area contributed by atoms with Crippen LogP contribution in [0.4, 0.5) is 11.8 Å². The number of halogens is 1. The van der Waals surface area contributed by atoms with E-state index in [-0.39, 0.29) is 6.61 Å². The molecule has 41 heavy (non-hydrogen) atoms. The minimum atomic E-state index is 0.112. The molecule has 3 fully saturated rings. The Bertz CT molecular complexity index is 1170. The van der Waals surface area contributed by atoms with Crippen LogP contribution >= 0.6 is 11.6 Å². The molecule has 0 amide bonds. The summed E-state index contributed by atoms with van der Waals surface area (Å²) >= 11 is 6.29. The van der Waals surface area contributed by atoms with E-state index in [0.29, 0.717) is 65.4 Å². The number of rotatable bonds is 12. The van der Waals surface area contributed by atoms with Crippen molar-refractivity contribution in [2.24, 2.45) is 29.6 Å². The molecule has 0 spiro atoms. The molecule has 2 bridgehead atoms. The highest BCUT2D eigenvalue weighted by Crippen LogP contribution is 2.45. The molecule has 3 aliphatic carbocycles. The minimum absolute atomic E-state index is 0.112. The van der Waals surface area contributed by atoms with Crippen LogP contribution in [0.5, 0.6) is 0 Å². The van der Waals surface area contributed by atoms with Crippen molar-refractivity contribution in [1.82, 2.24) is 15.3 Å². The van der Waals surface area contributed by atoms with Crippen LogP contribution in [0.15, 0.2) is 30.5 Å². The molecule has 1 aromatic carbocycles. The van der Waals surface area contributed by atoms with E-state index >= 15 is 0 Å². The standard InChI is InChI=1S/C32H45ClN6O2/c1-21-12-23-13-24(15-26(14-23)30(21)35-17-22-6-8-28(9-7-22)41-11-10-40)18-36-31-27(16-34)20-38-32(39-31)37-19-25-4-2-3-5-29(25)33/h2-5,20-24,26,28,30,35,40H,6-15,17-19H2,1H3,(H2,36,37,38,39)/t21-,22?,23?,24-,26-,28?,30+/m1/s1. The Morgan fingerprint density at radius 2 is 1.88 bits per heavy atom. The largest absolute Gasteiger partial charge is 0.394 e. The minimum Gasteiger partial charge on any atom is -0.394 e. The van der Waals surface area contributed by atoms with Crippen LogP contribution in [0.1, 0.15) is 69.4 Å². The summed E-state index contributed by atoms with van der Waals surface area (Å²) < 4.78 is 5.76. The number of fused-ring (bicyclic) bond motifs is 2. The molecule has 0 radical (unpaired) electrons. The molecule has 1 unspecified atom stereocenters. The van der Waals surface area contributed by atoms with Crippen LogP contribution in [0.25, 0.3) is 0 Å². The Morgan fingerprint density at radius 3 is 2.66 bits per heavy atom. The molecular formula is C32H45ClN6O2. The first-order valence-corrected chi connectivity index (χ1v) is 15.8. The SMILES string of the molecule is C[C@@H]1CC2C[C@@H](CNc3nc(NCc4ccccc4Cl)ncc3C#N)C[C@@H](C2)[C@H]1NCC1CCC(OCCO)CC1. The number of ether oxygens (including phenoxy) is 1. The van der Waals surface area contributed by atoms with Crippen LogP contribution in [0.3, 0.4) is 0 Å². The van der Waals surface area contributed by atoms with E-state index in [1.807, 2.05) is 24.3 Å². The van der Waals surface area contributed by atoms with E-state index < -0.39 is 0 Å². The van der Waals surface area contributed by atoms with Gasteiger partial charge in [-0.05, 0) is 99.1 Å². The third kappa shape index (κ3) is 8.10. The molecule has 5 atom stereocenters. The Labute approximate surface area is 249 Å². The summed E-state index contributed by atoms with van der Waals surface area (Å²) in [6, 6.07) is 10.5. The number of aromatic nitrogens is 2. The van der Waals surface area contributed by atoms with Crippen LogP contribution < -0.4 is 16.0 Å². The first kappa shape index (κ1) is 30.0. The molecule has 5 rings (SSSR count). The number of aliphatic hydroxyl groups excluding tert-OH is 1. The first-order valence-electron chi connectivity index (χ1n) is 15.5. The molecule has 3 aliphatic rings. The molecule has 2 aromatic rings. The fourth-order valence-electron chi connectivity index (χ4n) is 7.54. The highest BCUT2D eigenvalue weighted by Gasteiger charge is 2.41. The van der Waals surface area contributed by atoms with Crippen molar-refractivity contribution in [2.45, 2.75) is 77.0 Å². The van der Waals surface area contributed by atoms with Crippen molar-refractivity contribution in [2.75, 3.05) is 36.9 Å². The van der Waals surface area contributed by atoms with Crippen molar-refractivity contribution in [3.63, 3.8) is 0 Å². The third-order valence-corrected chi connectivity index (χ3v) is 9.88. The number of hydrogen-bond acceptors (Lipinski definition) is 8. The van der Waals surface area contributed by atoms with Crippen LogP contribution in [0, 0.1) is 40.9 Å². The maximum atomic E-state index is 9.67. The van der Waals surface area contributed by atoms with Gasteiger partial charge in [-0.3, -0.25) is 0 Å². The van der Waals surface area contributed by atoms with E-state index in [4.69, 9.17) is 21.4 Å². The van der Waals surface area contributed by atoms with Gasteiger partial charge in [-0.1, -0.05) is 36.7 Å². The lowest BCUT2D eigenvalue weighted by Crippen LogP contribution is -2.50. The fraction of sp³-hybridized carbons (Fsp3) is 0.656. The first-order chi connectivity index (χ1) is 20.0. The molecule has 0 saturated heterocycles. The molecule has 1 heterocycles. The highest BCUT2D eigenvalue weighted by molar-refractivity contribution is 6.31. The predicted molar refractivity (Wildman–Crippen MR) is 163 cm³/mol. The van der Waals surface area contributed by atoms with Gasteiger partial charge in [0.15, 0.2) is 0 Å². The van der Waals surface area contributed by atoms with Gasteiger partial charge in [0.1, 0.15) is 17.5 Å². The third-order valence-electron chi connectivity index (χ3n) is 9.51. The zero-order valence-electron chi connectivity index (χ0n) is 24.2. The normalized spacial score (nSPS) is 29.5. The topological polar surface area (TPSA) is 115 Å². The van der Waals surface area contributed by atoms with E-state index in [9.17, 15) is 5.26 Å². The molecule has 3 saturated carbocycles. The summed E-state index contributed by atoms with van der Waals surface area (Å²) in [5.41, 5.74) is 1.44. The summed E-state index contributed by atoms with van der Waals surface area (Å²) in [6.45, 7) is 5.45. The summed E-state index contributed by atoms with van der Waals surface area (Å²) in [5, 5.41) is 30.2. The van der Waals surface area contributed by atoms with E-state index in [1.165, 1.54) is 38.5 Å². The van der Waals surface area contributed by atoms with Gasteiger partial charge in [-0.2, -0.15) is 10.2 Å². The van der Waals surface area contributed by atoms with Gasteiger partial charge in [0, 0.05) is 24.2 Å². The summed E-state index contributed by atoms with van der Waals surface area (Å²) in [7, 11) is 0. The maximum Gasteiger partial charge on any atom is 0.224 e. The Kier molecular flexibility index (Phi) is 10.7. The average Bonchev–Trinajstić information content (AvgIpc) is 2.99. The molecular weight excluding hydrogens is 536 g/mol. The second kappa shape index (κ2) is 14.6. The molecule has 9 heteroatoms. The Morgan fingerprint density at radius 1 is 1.05 bits per heavy atom. The van der Waals surface area contributed by atoms with E-state index in [2.05, 4.69) is 38.9 Å². The number of anilines is 2. The van der Waals surface area contributed by atoms with Gasteiger partial charge in [-0.15, -0.1) is 0 Å². The predicted octanol–water partition coefficient (Wildman–Crippen LogP) is 5.62. The summed E-state index contributed by atoms with van der Waals surface area (Å²) in [5.74, 6) is 4.55. The fourth-order valence-corrected chi connectivity index (χ4v) is 7.74. The molecule has 1 aromatic heterocycles. The molecule has 8 nitrogen and oxygen atoms in total. The van der Waals surface area contributed by atoms with Gasteiger partial charge >= 0.3 is 0 Å². The number of hydrogen-bond donors (Lipinski definition) is 4. The average molecular weight is 581 g/mol. The number of aliphatic hydroxyl groups is 1. The second-order valence-electron chi connectivity index (χ2n) is 12.5. The van der Waals surface area contributed by atoms with Crippen LogP contribution in [0.2, 0.25) is 5.02 Å². The number of nitriles is 1. The zero-order chi connectivity index (χ0) is 28.6. The summed E-state index contributed by atoms with van der Waals surface area (Å²) in [4.78, 5) is 8.98. The van der Waals surface area contributed by atoms with Gasteiger partial charge < -0.3 is 25.8 Å². The van der Waals surface area contributed by atoms with Crippen LogP contribution in [-0.2, 0) is 11.3 Å². The number of nitrogens with zero attached hydrogens (tertiary/aromatic N) is 3. The van der Waals surface area contributed by atoms with E-state index in [0.717, 1.165) is 43.3 Å². The van der Waals surface area contributed by atoms with Crippen molar-refractivity contribution in [3.05, 3.63) is 46.6 Å². The van der Waals surface area contributed by atoms with E-state index in [1.54, 1.807) is 6.20 Å². The molecule has 4 N–H and O–H groups in total. The van der Waals surface area contributed by atoms with Crippen molar-refractivity contribution in [1.29, 1.82) is 5.26 Å². The van der Waals surface area contributed by atoms with Gasteiger partial charge in [-0.25, -0.2) is 4.98 Å². The Balaban J connectivity index is 1.13. The van der Waals surface area contributed by atoms with Gasteiger partial charge in [0.05, 0.1) is 25.5 Å². The highest BCUT2D eigenvalue weighted by atomic mass is 35.5. The smallest absolute Gasteiger partial charge is 0.224 e. The number of benzene rings is 1. The number of nitrogens with one attached hydrogen (secondary N) is 3. The van der Waals surface area contributed by atoms with Gasteiger partial charge in [0.25, 0.3) is 0 Å². The maximum absolute atomic E-state index is 9.67.